The van der Waals surface area contributed by atoms with Crippen LogP contribution in [0.4, 0.5) is 5.69 Å². The topological polar surface area (TPSA) is 23.5 Å². The Morgan fingerprint density at radius 1 is 1.36 bits per heavy atom. The minimum Gasteiger partial charge on any atom is -0.389 e. The van der Waals surface area contributed by atoms with Gasteiger partial charge in [0.05, 0.1) is 6.10 Å². The molecular formula is C12H17NO. The van der Waals surface area contributed by atoms with Crippen LogP contribution < -0.4 is 4.90 Å². The lowest BCUT2D eigenvalue weighted by atomic mass is 10.1. The first-order valence-electron chi connectivity index (χ1n) is 5.20. The molecule has 1 aromatic rings. The van der Waals surface area contributed by atoms with Crippen LogP contribution in [0.2, 0.25) is 0 Å². The molecule has 0 radical (unpaired) electrons. The van der Waals surface area contributed by atoms with Gasteiger partial charge in [-0.05, 0) is 25.8 Å². The minimum absolute atomic E-state index is 0.382. The largest absolute Gasteiger partial charge is 0.389 e. The van der Waals surface area contributed by atoms with Crippen molar-refractivity contribution in [2.75, 3.05) is 11.9 Å². The van der Waals surface area contributed by atoms with E-state index in [1.54, 1.807) is 0 Å². The zero-order valence-corrected chi connectivity index (χ0v) is 8.77. The van der Waals surface area contributed by atoms with Gasteiger partial charge in [-0.25, -0.2) is 0 Å². The molecule has 76 valence electrons. The normalized spacial score (nSPS) is 17.9. The highest BCUT2D eigenvalue weighted by molar-refractivity contribution is 5.55. The van der Waals surface area contributed by atoms with Crippen LogP contribution in [0.25, 0.3) is 0 Å². The van der Waals surface area contributed by atoms with Gasteiger partial charge < -0.3 is 10.0 Å². The molecule has 1 atom stereocenters. The smallest absolute Gasteiger partial charge is 0.0781 e. The van der Waals surface area contributed by atoms with Crippen molar-refractivity contribution in [2.45, 2.75) is 31.9 Å². The predicted octanol–water partition coefficient (Wildman–Crippen LogP) is 2.34. The van der Waals surface area contributed by atoms with Crippen molar-refractivity contribution >= 4 is 5.69 Å². The molecule has 14 heavy (non-hydrogen) atoms. The molecular weight excluding hydrogens is 174 g/mol. The summed E-state index contributed by atoms with van der Waals surface area (Å²) in [6.45, 7) is 1.82. The van der Waals surface area contributed by atoms with Gasteiger partial charge in [-0.3, -0.25) is 0 Å². The first-order chi connectivity index (χ1) is 6.70. The summed E-state index contributed by atoms with van der Waals surface area (Å²) in [6.07, 6.45) is 2.18. The van der Waals surface area contributed by atoms with Crippen LogP contribution in [0.1, 0.15) is 31.4 Å². The molecule has 2 heteroatoms. The number of hydrogen-bond acceptors (Lipinski definition) is 2. The summed E-state index contributed by atoms with van der Waals surface area (Å²) in [5, 5.41) is 9.63. The molecule has 1 saturated carbocycles. The van der Waals surface area contributed by atoms with Crippen LogP contribution in [0.5, 0.6) is 0 Å². The van der Waals surface area contributed by atoms with E-state index in [0.29, 0.717) is 6.04 Å². The summed E-state index contributed by atoms with van der Waals surface area (Å²) < 4.78 is 0. The Morgan fingerprint density at radius 2 is 2.00 bits per heavy atom. The van der Waals surface area contributed by atoms with Gasteiger partial charge in [0.15, 0.2) is 0 Å². The zero-order valence-electron chi connectivity index (χ0n) is 8.77. The first kappa shape index (κ1) is 9.53. The molecule has 0 bridgehead atoms. The summed E-state index contributed by atoms with van der Waals surface area (Å²) >= 11 is 0. The standard InChI is InChI=1S/C12H17NO/c1-9(14)11-5-3-4-6-12(11)13(2)10-7-8-10/h3-6,9-10,14H,7-8H2,1-2H3/t9-/m0/s1. The van der Waals surface area contributed by atoms with Crippen molar-refractivity contribution in [1.82, 2.24) is 0 Å². The Hall–Kier alpha value is -1.02. The highest BCUT2D eigenvalue weighted by Gasteiger charge is 2.27. The maximum atomic E-state index is 9.63. The number of anilines is 1. The quantitative estimate of drug-likeness (QED) is 0.792. The molecule has 2 nitrogen and oxygen atoms in total. The highest BCUT2D eigenvalue weighted by atomic mass is 16.3. The first-order valence-corrected chi connectivity index (χ1v) is 5.20. The van der Waals surface area contributed by atoms with Crippen molar-refractivity contribution in [1.29, 1.82) is 0 Å². The van der Waals surface area contributed by atoms with E-state index in [1.165, 1.54) is 18.5 Å². The fourth-order valence-corrected chi connectivity index (χ4v) is 1.82. The Morgan fingerprint density at radius 3 is 2.57 bits per heavy atom. The van der Waals surface area contributed by atoms with Gasteiger partial charge in [0.1, 0.15) is 0 Å². The van der Waals surface area contributed by atoms with E-state index in [-0.39, 0.29) is 6.10 Å². The summed E-state index contributed by atoms with van der Waals surface area (Å²) in [7, 11) is 2.11. The fraction of sp³-hybridized carbons (Fsp3) is 0.500. The van der Waals surface area contributed by atoms with E-state index >= 15 is 0 Å². The Bertz CT molecular complexity index is 318. The number of para-hydroxylation sites is 1. The zero-order chi connectivity index (χ0) is 10.1. The van der Waals surface area contributed by atoms with Gasteiger partial charge in [0, 0.05) is 24.3 Å². The van der Waals surface area contributed by atoms with Crippen molar-refractivity contribution in [3.63, 3.8) is 0 Å². The van der Waals surface area contributed by atoms with E-state index < -0.39 is 0 Å². The van der Waals surface area contributed by atoms with Gasteiger partial charge in [0.25, 0.3) is 0 Å². The molecule has 1 aromatic carbocycles. The van der Waals surface area contributed by atoms with Gasteiger partial charge in [-0.2, -0.15) is 0 Å². The maximum Gasteiger partial charge on any atom is 0.0781 e. The maximum absolute atomic E-state index is 9.63. The molecule has 0 aromatic heterocycles. The molecule has 0 spiro atoms. The summed E-state index contributed by atoms with van der Waals surface area (Å²) in [5.74, 6) is 0. The van der Waals surface area contributed by atoms with E-state index in [1.807, 2.05) is 25.1 Å². The molecule has 1 fully saturated rings. The third-order valence-electron chi connectivity index (χ3n) is 2.86. The van der Waals surface area contributed by atoms with E-state index in [2.05, 4.69) is 18.0 Å². The van der Waals surface area contributed by atoms with Gasteiger partial charge in [0.2, 0.25) is 0 Å². The van der Waals surface area contributed by atoms with Crippen LogP contribution in [0, 0.1) is 0 Å². The lowest BCUT2D eigenvalue weighted by molar-refractivity contribution is 0.199. The van der Waals surface area contributed by atoms with Gasteiger partial charge in [-0.15, -0.1) is 0 Å². The second kappa shape index (κ2) is 3.62. The Balaban J connectivity index is 2.30. The van der Waals surface area contributed by atoms with Crippen molar-refractivity contribution in [3.8, 4) is 0 Å². The molecule has 1 N–H and O–H groups in total. The molecule has 0 unspecified atom stereocenters. The third-order valence-corrected chi connectivity index (χ3v) is 2.86. The van der Waals surface area contributed by atoms with Crippen LogP contribution in [0.15, 0.2) is 24.3 Å². The van der Waals surface area contributed by atoms with Crippen LogP contribution in [0.3, 0.4) is 0 Å². The second-order valence-electron chi connectivity index (χ2n) is 4.08. The summed E-state index contributed by atoms with van der Waals surface area (Å²) in [6, 6.07) is 8.78. The van der Waals surface area contributed by atoms with Crippen LogP contribution in [-0.4, -0.2) is 18.2 Å². The monoisotopic (exact) mass is 191 g/mol. The van der Waals surface area contributed by atoms with Crippen molar-refractivity contribution < 1.29 is 5.11 Å². The lowest BCUT2D eigenvalue weighted by Crippen LogP contribution is -2.21. The molecule has 0 aliphatic heterocycles. The third kappa shape index (κ3) is 1.75. The Kier molecular flexibility index (Phi) is 2.46. The SMILES string of the molecule is C[C@H](O)c1ccccc1N(C)C1CC1. The number of rotatable bonds is 3. The molecule has 0 saturated heterocycles. The van der Waals surface area contributed by atoms with Gasteiger partial charge in [-0.1, -0.05) is 18.2 Å². The van der Waals surface area contributed by atoms with E-state index in [9.17, 15) is 5.11 Å². The molecule has 2 rings (SSSR count). The van der Waals surface area contributed by atoms with E-state index in [4.69, 9.17) is 0 Å². The highest BCUT2D eigenvalue weighted by Crippen LogP contribution is 2.33. The molecule has 1 aliphatic carbocycles. The second-order valence-corrected chi connectivity index (χ2v) is 4.08. The van der Waals surface area contributed by atoms with Gasteiger partial charge >= 0.3 is 0 Å². The number of benzene rings is 1. The average Bonchev–Trinajstić information content (AvgIpc) is 3.00. The van der Waals surface area contributed by atoms with Crippen molar-refractivity contribution in [3.05, 3.63) is 29.8 Å². The lowest BCUT2D eigenvalue weighted by Gasteiger charge is -2.23. The summed E-state index contributed by atoms with van der Waals surface area (Å²) in [5.41, 5.74) is 2.20. The molecule has 0 heterocycles. The predicted molar refractivity (Wildman–Crippen MR) is 58.5 cm³/mol. The number of hydrogen-bond donors (Lipinski definition) is 1. The summed E-state index contributed by atoms with van der Waals surface area (Å²) in [4.78, 5) is 2.28. The number of nitrogens with zero attached hydrogens (tertiary/aromatic N) is 1. The fourth-order valence-electron chi connectivity index (χ4n) is 1.82. The number of aliphatic hydroxyl groups excluding tert-OH is 1. The Labute approximate surface area is 85.2 Å². The van der Waals surface area contributed by atoms with Crippen LogP contribution in [-0.2, 0) is 0 Å². The molecule has 1 aliphatic rings. The van der Waals surface area contributed by atoms with E-state index in [0.717, 1.165) is 5.56 Å². The minimum atomic E-state index is -0.382. The average molecular weight is 191 g/mol. The van der Waals surface area contributed by atoms with Crippen molar-refractivity contribution in [2.24, 2.45) is 0 Å². The molecule has 0 amide bonds. The number of aliphatic hydroxyl groups is 1. The van der Waals surface area contributed by atoms with Crippen LogP contribution >= 0.6 is 0 Å².